The number of anilines is 1. The van der Waals surface area contributed by atoms with Crippen molar-refractivity contribution in [3.8, 4) is 0 Å². The third-order valence-electron chi connectivity index (χ3n) is 4.34. The van der Waals surface area contributed by atoms with E-state index in [0.29, 0.717) is 12.5 Å². The monoisotopic (exact) mass is 543 g/mol. The molecular formula is C18H31ClIN5O2S. The molecule has 1 unspecified atom stereocenters. The molecule has 10 heteroatoms. The van der Waals surface area contributed by atoms with Gasteiger partial charge >= 0.3 is 0 Å². The van der Waals surface area contributed by atoms with Crippen LogP contribution in [0.1, 0.15) is 26.7 Å². The smallest absolute Gasteiger partial charge is 0.209 e. The van der Waals surface area contributed by atoms with Gasteiger partial charge in [-0.25, -0.2) is 13.1 Å². The van der Waals surface area contributed by atoms with Crippen LogP contribution >= 0.6 is 35.6 Å². The molecule has 1 aromatic carbocycles. The topological polar surface area (TPSA) is 85.8 Å². The number of hydrogen-bond acceptors (Lipinski definition) is 4. The third-order valence-corrected chi connectivity index (χ3v) is 5.58. The number of guanidine groups is 1. The summed E-state index contributed by atoms with van der Waals surface area (Å²) in [6.07, 6.45) is 3.25. The second-order valence-electron chi connectivity index (χ2n) is 7.56. The Morgan fingerprint density at radius 2 is 2.04 bits per heavy atom. The number of halogens is 2. The first-order valence-corrected chi connectivity index (χ1v) is 11.3. The van der Waals surface area contributed by atoms with Crippen LogP contribution in [0.5, 0.6) is 0 Å². The standard InChI is InChI=1S/C18H30ClN5O2S.HI/c1-18(2,23-27(4,25)26)13-21-17(20-3)22-14-8-7-11-24(12-14)16-10-6-5-9-15(16)19;/h5-6,9-10,14,23H,7-8,11-13H2,1-4H3,(H2,20,21,22);1H. The summed E-state index contributed by atoms with van der Waals surface area (Å²) in [6, 6.07) is 8.11. The molecule has 0 amide bonds. The van der Waals surface area contributed by atoms with Crippen LogP contribution in [0.25, 0.3) is 0 Å². The number of benzene rings is 1. The van der Waals surface area contributed by atoms with Gasteiger partial charge in [-0.05, 0) is 38.8 Å². The molecule has 0 saturated carbocycles. The lowest BCUT2D eigenvalue weighted by molar-refractivity contribution is 0.436. The Balaban J connectivity index is 0.00000392. The zero-order valence-electron chi connectivity index (χ0n) is 16.8. The number of rotatable bonds is 6. The minimum absolute atomic E-state index is 0. The first-order chi connectivity index (χ1) is 12.6. The van der Waals surface area contributed by atoms with Crippen molar-refractivity contribution in [2.75, 3.05) is 37.8 Å². The zero-order valence-corrected chi connectivity index (χ0v) is 20.7. The van der Waals surface area contributed by atoms with Crippen molar-refractivity contribution in [3.63, 3.8) is 0 Å². The van der Waals surface area contributed by atoms with Gasteiger partial charge in [0.1, 0.15) is 0 Å². The Bertz CT molecular complexity index is 773. The number of sulfonamides is 1. The molecule has 1 atom stereocenters. The number of nitrogens with zero attached hydrogens (tertiary/aromatic N) is 2. The van der Waals surface area contributed by atoms with Crippen molar-refractivity contribution >= 4 is 57.2 Å². The van der Waals surface area contributed by atoms with Crippen LogP contribution < -0.4 is 20.3 Å². The first kappa shape index (κ1) is 25.3. The van der Waals surface area contributed by atoms with E-state index < -0.39 is 15.6 Å². The summed E-state index contributed by atoms with van der Waals surface area (Å²) in [5.41, 5.74) is 0.425. The van der Waals surface area contributed by atoms with E-state index in [9.17, 15) is 8.42 Å². The van der Waals surface area contributed by atoms with Gasteiger partial charge in [0.15, 0.2) is 5.96 Å². The number of hydrogen-bond donors (Lipinski definition) is 3. The fourth-order valence-electron chi connectivity index (χ4n) is 3.25. The van der Waals surface area contributed by atoms with E-state index in [1.54, 1.807) is 7.05 Å². The second kappa shape index (κ2) is 10.8. The van der Waals surface area contributed by atoms with Crippen LogP contribution in [0.15, 0.2) is 29.3 Å². The highest BCUT2D eigenvalue weighted by molar-refractivity contribution is 14.0. The van der Waals surface area contributed by atoms with E-state index in [-0.39, 0.29) is 30.0 Å². The van der Waals surface area contributed by atoms with E-state index in [4.69, 9.17) is 11.6 Å². The molecule has 0 spiro atoms. The average molecular weight is 544 g/mol. The molecule has 0 bridgehead atoms. The normalized spacial score (nSPS) is 18.4. The Hall–Kier alpha value is -0.780. The SMILES string of the molecule is CN=C(NCC(C)(C)NS(C)(=O)=O)NC1CCCN(c2ccccc2Cl)C1.I. The minimum atomic E-state index is -3.28. The highest BCUT2D eigenvalue weighted by Gasteiger charge is 2.25. The summed E-state index contributed by atoms with van der Waals surface area (Å²) in [6.45, 7) is 5.87. The van der Waals surface area contributed by atoms with Crippen LogP contribution in [-0.4, -0.2) is 58.9 Å². The predicted molar refractivity (Wildman–Crippen MR) is 129 cm³/mol. The van der Waals surface area contributed by atoms with Crippen molar-refractivity contribution in [3.05, 3.63) is 29.3 Å². The zero-order chi connectivity index (χ0) is 20.1. The molecule has 2 rings (SSSR count). The number of nitrogens with one attached hydrogen (secondary N) is 3. The molecule has 1 fully saturated rings. The number of piperidine rings is 1. The summed E-state index contributed by atoms with van der Waals surface area (Å²) < 4.78 is 25.6. The van der Waals surface area contributed by atoms with E-state index in [2.05, 4.69) is 25.2 Å². The van der Waals surface area contributed by atoms with Gasteiger partial charge in [-0.1, -0.05) is 23.7 Å². The predicted octanol–water partition coefficient (Wildman–Crippen LogP) is 2.42. The molecule has 160 valence electrons. The maximum atomic E-state index is 11.5. The van der Waals surface area contributed by atoms with Gasteiger partial charge in [0.25, 0.3) is 0 Å². The lowest BCUT2D eigenvalue weighted by Crippen LogP contribution is -2.56. The van der Waals surface area contributed by atoms with E-state index in [1.807, 2.05) is 38.1 Å². The first-order valence-electron chi connectivity index (χ1n) is 9.05. The number of para-hydroxylation sites is 1. The summed E-state index contributed by atoms with van der Waals surface area (Å²) in [5, 5.41) is 7.41. The maximum Gasteiger partial charge on any atom is 0.209 e. The van der Waals surface area contributed by atoms with E-state index in [0.717, 1.165) is 42.9 Å². The molecule has 1 aliphatic rings. The minimum Gasteiger partial charge on any atom is -0.368 e. The summed E-state index contributed by atoms with van der Waals surface area (Å²) in [5.74, 6) is 0.657. The third kappa shape index (κ3) is 8.30. The molecule has 1 heterocycles. The highest BCUT2D eigenvalue weighted by atomic mass is 127. The Labute approximate surface area is 190 Å². The molecule has 0 radical (unpaired) electrons. The Morgan fingerprint density at radius 3 is 2.64 bits per heavy atom. The largest absolute Gasteiger partial charge is 0.368 e. The average Bonchev–Trinajstić information content (AvgIpc) is 2.57. The molecular weight excluding hydrogens is 513 g/mol. The highest BCUT2D eigenvalue weighted by Crippen LogP contribution is 2.27. The second-order valence-corrected chi connectivity index (χ2v) is 9.72. The van der Waals surface area contributed by atoms with Crippen molar-refractivity contribution < 1.29 is 8.42 Å². The molecule has 1 aliphatic heterocycles. The van der Waals surface area contributed by atoms with Gasteiger partial charge < -0.3 is 15.5 Å². The molecule has 1 aromatic rings. The molecule has 0 aromatic heterocycles. The van der Waals surface area contributed by atoms with Gasteiger partial charge in [0.2, 0.25) is 10.0 Å². The van der Waals surface area contributed by atoms with Crippen LogP contribution in [0.3, 0.4) is 0 Å². The fraction of sp³-hybridized carbons (Fsp3) is 0.611. The van der Waals surface area contributed by atoms with Crippen molar-refractivity contribution in [1.29, 1.82) is 0 Å². The molecule has 0 aliphatic carbocycles. The van der Waals surface area contributed by atoms with Crippen LogP contribution in [0.4, 0.5) is 5.69 Å². The van der Waals surface area contributed by atoms with E-state index in [1.165, 1.54) is 0 Å². The fourth-order valence-corrected chi connectivity index (χ4v) is 4.58. The van der Waals surface area contributed by atoms with Crippen molar-refractivity contribution in [2.24, 2.45) is 4.99 Å². The van der Waals surface area contributed by atoms with Crippen molar-refractivity contribution in [2.45, 2.75) is 38.3 Å². The Morgan fingerprint density at radius 1 is 1.36 bits per heavy atom. The molecule has 28 heavy (non-hydrogen) atoms. The summed E-state index contributed by atoms with van der Waals surface area (Å²) in [4.78, 5) is 6.55. The summed E-state index contributed by atoms with van der Waals surface area (Å²) in [7, 11) is -1.57. The Kier molecular flexibility index (Phi) is 9.78. The molecule has 1 saturated heterocycles. The summed E-state index contributed by atoms with van der Waals surface area (Å²) >= 11 is 6.34. The van der Waals surface area contributed by atoms with E-state index >= 15 is 0 Å². The molecule has 3 N–H and O–H groups in total. The van der Waals surface area contributed by atoms with Gasteiger partial charge in [0, 0.05) is 38.3 Å². The van der Waals surface area contributed by atoms with Crippen LogP contribution in [-0.2, 0) is 10.0 Å². The lowest BCUT2D eigenvalue weighted by atomic mass is 10.0. The van der Waals surface area contributed by atoms with Crippen LogP contribution in [0, 0.1) is 0 Å². The number of aliphatic imine (C=N–C) groups is 1. The lowest BCUT2D eigenvalue weighted by Gasteiger charge is -2.36. The van der Waals surface area contributed by atoms with Crippen LogP contribution in [0.2, 0.25) is 5.02 Å². The van der Waals surface area contributed by atoms with Gasteiger partial charge in [-0.2, -0.15) is 0 Å². The van der Waals surface area contributed by atoms with Crippen molar-refractivity contribution in [1.82, 2.24) is 15.4 Å². The maximum absolute atomic E-state index is 11.5. The quantitative estimate of drug-likeness (QED) is 0.292. The van der Waals surface area contributed by atoms with Gasteiger partial charge in [-0.15, -0.1) is 24.0 Å². The molecule has 7 nitrogen and oxygen atoms in total. The van der Waals surface area contributed by atoms with Gasteiger partial charge in [0.05, 0.1) is 17.0 Å². The van der Waals surface area contributed by atoms with Gasteiger partial charge in [-0.3, -0.25) is 4.99 Å².